The third-order valence-corrected chi connectivity index (χ3v) is 2.33. The SMILES string of the molecule is COC(Cl)(Cl)C(Cl)Cl. The summed E-state index contributed by atoms with van der Waals surface area (Å²) in [6, 6.07) is 0. The molecular formula is C3H4Cl4O. The Kier molecular flexibility index (Phi) is 3.79. The Morgan fingerprint density at radius 3 is 1.75 bits per heavy atom. The summed E-state index contributed by atoms with van der Waals surface area (Å²) in [5.74, 6) is 0. The second-order valence-corrected chi connectivity index (χ2v) is 3.48. The standard InChI is InChI=1S/C3H4Cl4O/c1-8-3(6,7)2(4)5/h2H,1H3. The van der Waals surface area contributed by atoms with E-state index in [9.17, 15) is 0 Å². The molecule has 0 radical (unpaired) electrons. The molecule has 0 heterocycles. The maximum Gasteiger partial charge on any atom is 0.247 e. The summed E-state index contributed by atoms with van der Waals surface area (Å²) >= 11 is 21.2. The van der Waals surface area contributed by atoms with E-state index in [4.69, 9.17) is 46.4 Å². The molecule has 0 rings (SSSR count). The van der Waals surface area contributed by atoms with Crippen LogP contribution in [0.4, 0.5) is 0 Å². The molecule has 0 aromatic heterocycles. The van der Waals surface area contributed by atoms with E-state index < -0.39 is 9.36 Å². The van der Waals surface area contributed by atoms with Crippen LogP contribution in [-0.2, 0) is 4.74 Å². The van der Waals surface area contributed by atoms with Gasteiger partial charge in [-0.15, -0.1) is 0 Å². The molecule has 0 atom stereocenters. The molecular weight excluding hydrogens is 194 g/mol. The first-order chi connectivity index (χ1) is 3.50. The Morgan fingerprint density at radius 1 is 1.38 bits per heavy atom. The summed E-state index contributed by atoms with van der Waals surface area (Å²) in [7, 11) is 1.32. The van der Waals surface area contributed by atoms with Crippen LogP contribution in [0.2, 0.25) is 0 Å². The van der Waals surface area contributed by atoms with Crippen LogP contribution in [0.5, 0.6) is 0 Å². The molecule has 0 aliphatic carbocycles. The van der Waals surface area contributed by atoms with Gasteiger partial charge in [0.25, 0.3) is 0 Å². The Labute approximate surface area is 67.8 Å². The number of alkyl halides is 4. The minimum absolute atomic E-state index is 0.934. The summed E-state index contributed by atoms with van der Waals surface area (Å²) in [4.78, 5) is -0.934. The van der Waals surface area contributed by atoms with Gasteiger partial charge in [-0.3, -0.25) is 0 Å². The highest BCUT2D eigenvalue weighted by molar-refractivity contribution is 6.58. The van der Waals surface area contributed by atoms with E-state index in [1.165, 1.54) is 7.11 Å². The minimum atomic E-state index is -1.48. The number of hydrogen-bond acceptors (Lipinski definition) is 1. The van der Waals surface area contributed by atoms with Crippen molar-refractivity contribution in [3.8, 4) is 0 Å². The van der Waals surface area contributed by atoms with Crippen LogP contribution in [0, 0.1) is 0 Å². The first-order valence-electron chi connectivity index (χ1n) is 1.72. The highest BCUT2D eigenvalue weighted by Crippen LogP contribution is 2.32. The summed E-state index contributed by atoms with van der Waals surface area (Å²) < 4.78 is 2.98. The lowest BCUT2D eigenvalue weighted by molar-refractivity contribution is 0.144. The predicted octanol–water partition coefficient (Wildman–Crippen LogP) is 2.57. The van der Waals surface area contributed by atoms with E-state index in [-0.39, 0.29) is 0 Å². The Balaban J connectivity index is 3.71. The van der Waals surface area contributed by atoms with Gasteiger partial charge in [0.2, 0.25) is 4.52 Å². The second-order valence-electron chi connectivity index (χ2n) is 1.07. The molecule has 0 aromatic rings. The highest BCUT2D eigenvalue weighted by Gasteiger charge is 2.31. The van der Waals surface area contributed by atoms with E-state index in [0.717, 1.165) is 0 Å². The number of rotatable bonds is 2. The lowest BCUT2D eigenvalue weighted by Gasteiger charge is -2.17. The minimum Gasteiger partial charge on any atom is -0.348 e. The zero-order valence-electron chi connectivity index (χ0n) is 4.00. The fourth-order valence-corrected chi connectivity index (χ4v) is 0.267. The first-order valence-corrected chi connectivity index (χ1v) is 3.34. The quantitative estimate of drug-likeness (QED) is 0.619. The van der Waals surface area contributed by atoms with Crippen LogP contribution in [0.15, 0.2) is 0 Å². The largest absolute Gasteiger partial charge is 0.348 e. The molecule has 0 spiro atoms. The second kappa shape index (κ2) is 3.33. The van der Waals surface area contributed by atoms with Crippen molar-refractivity contribution < 1.29 is 4.74 Å². The summed E-state index contributed by atoms with van der Waals surface area (Å²) in [5, 5.41) is 0. The molecule has 0 N–H and O–H groups in total. The predicted molar refractivity (Wildman–Crippen MR) is 36.9 cm³/mol. The van der Waals surface area contributed by atoms with Gasteiger partial charge in [0.1, 0.15) is 0 Å². The van der Waals surface area contributed by atoms with E-state index in [1.54, 1.807) is 0 Å². The molecule has 0 bridgehead atoms. The molecule has 0 fully saturated rings. The van der Waals surface area contributed by atoms with Crippen molar-refractivity contribution in [3.63, 3.8) is 0 Å². The van der Waals surface area contributed by atoms with Crippen LogP contribution in [0.1, 0.15) is 0 Å². The average Bonchev–Trinajstić information content (AvgIpc) is 1.67. The molecule has 0 amide bonds. The molecule has 0 saturated carbocycles. The normalized spacial score (nSPS) is 12.8. The van der Waals surface area contributed by atoms with Gasteiger partial charge in [0.05, 0.1) is 0 Å². The van der Waals surface area contributed by atoms with E-state index in [2.05, 4.69) is 4.74 Å². The molecule has 0 aliphatic rings. The molecule has 5 heteroatoms. The zero-order chi connectivity index (χ0) is 6.78. The molecule has 0 unspecified atom stereocenters. The average molecular weight is 198 g/mol. The zero-order valence-corrected chi connectivity index (χ0v) is 7.02. The maximum atomic E-state index is 5.33. The van der Waals surface area contributed by atoms with Crippen molar-refractivity contribution in [1.29, 1.82) is 0 Å². The van der Waals surface area contributed by atoms with Crippen molar-refractivity contribution >= 4 is 46.4 Å². The third kappa shape index (κ3) is 2.60. The van der Waals surface area contributed by atoms with Crippen LogP contribution in [0.3, 0.4) is 0 Å². The fraction of sp³-hybridized carbons (Fsp3) is 1.00. The summed E-state index contributed by atoms with van der Waals surface area (Å²) in [6.45, 7) is 0. The third-order valence-electron chi connectivity index (χ3n) is 0.526. The lowest BCUT2D eigenvalue weighted by atomic mass is 10.8. The topological polar surface area (TPSA) is 9.23 Å². The molecule has 50 valence electrons. The maximum absolute atomic E-state index is 5.33. The van der Waals surface area contributed by atoms with Gasteiger partial charge in [-0.1, -0.05) is 46.4 Å². The van der Waals surface area contributed by atoms with Gasteiger partial charge < -0.3 is 4.74 Å². The van der Waals surface area contributed by atoms with Gasteiger partial charge in [-0.05, 0) is 0 Å². The van der Waals surface area contributed by atoms with Crippen molar-refractivity contribution in [1.82, 2.24) is 0 Å². The first kappa shape index (κ1) is 9.12. The van der Waals surface area contributed by atoms with E-state index in [1.807, 2.05) is 0 Å². The van der Waals surface area contributed by atoms with Crippen molar-refractivity contribution in [3.05, 3.63) is 0 Å². The number of ether oxygens (including phenoxy) is 1. The Hall–Kier alpha value is 1.12. The molecule has 8 heavy (non-hydrogen) atoms. The molecule has 1 nitrogen and oxygen atoms in total. The number of halogens is 4. The number of hydrogen-bond donors (Lipinski definition) is 0. The van der Waals surface area contributed by atoms with Crippen LogP contribution >= 0.6 is 46.4 Å². The van der Waals surface area contributed by atoms with Crippen LogP contribution < -0.4 is 0 Å². The van der Waals surface area contributed by atoms with Crippen LogP contribution in [0.25, 0.3) is 0 Å². The smallest absolute Gasteiger partial charge is 0.247 e. The van der Waals surface area contributed by atoms with Gasteiger partial charge in [-0.25, -0.2) is 0 Å². The van der Waals surface area contributed by atoms with Gasteiger partial charge in [0.15, 0.2) is 4.84 Å². The highest BCUT2D eigenvalue weighted by atomic mass is 35.5. The van der Waals surface area contributed by atoms with Crippen molar-refractivity contribution in [2.75, 3.05) is 7.11 Å². The number of methoxy groups -OCH3 is 1. The van der Waals surface area contributed by atoms with Crippen LogP contribution in [-0.4, -0.2) is 16.5 Å². The van der Waals surface area contributed by atoms with Crippen molar-refractivity contribution in [2.24, 2.45) is 0 Å². The van der Waals surface area contributed by atoms with E-state index >= 15 is 0 Å². The monoisotopic (exact) mass is 196 g/mol. The summed E-state index contributed by atoms with van der Waals surface area (Å²) in [5.41, 5.74) is 0. The summed E-state index contributed by atoms with van der Waals surface area (Å²) in [6.07, 6.45) is 0. The van der Waals surface area contributed by atoms with E-state index in [0.29, 0.717) is 0 Å². The van der Waals surface area contributed by atoms with Gasteiger partial charge in [-0.2, -0.15) is 0 Å². The fourth-order valence-electron chi connectivity index (χ4n) is 0.0891. The van der Waals surface area contributed by atoms with Gasteiger partial charge in [0, 0.05) is 7.11 Å². The molecule has 0 saturated heterocycles. The lowest BCUT2D eigenvalue weighted by Crippen LogP contribution is -2.23. The Morgan fingerprint density at radius 2 is 1.75 bits per heavy atom. The molecule has 0 aromatic carbocycles. The Bertz CT molecular complexity index is 71.7. The van der Waals surface area contributed by atoms with Gasteiger partial charge >= 0.3 is 0 Å². The van der Waals surface area contributed by atoms with Crippen molar-refractivity contribution in [2.45, 2.75) is 9.36 Å². The molecule has 0 aliphatic heterocycles.